The molecule has 2 unspecified atom stereocenters. The number of carbonyl (C=O) groups is 2. The summed E-state index contributed by atoms with van der Waals surface area (Å²) in [4.78, 5) is 24.3. The van der Waals surface area contributed by atoms with Crippen molar-refractivity contribution in [1.82, 2.24) is 10.6 Å². The summed E-state index contributed by atoms with van der Waals surface area (Å²) in [5, 5.41) is 16.9. The number of hydrogen-bond donors (Lipinski definition) is 3. The maximum Gasteiger partial charge on any atom is 0.261 e. The van der Waals surface area contributed by atoms with Gasteiger partial charge in [-0.05, 0) is 30.4 Å². The van der Waals surface area contributed by atoms with Crippen molar-refractivity contribution in [2.45, 2.75) is 25.4 Å². The van der Waals surface area contributed by atoms with Crippen LogP contribution in [0.3, 0.4) is 0 Å². The lowest BCUT2D eigenvalue weighted by atomic mass is 9.93. The van der Waals surface area contributed by atoms with E-state index in [0.717, 1.165) is 5.56 Å². The zero-order valence-electron chi connectivity index (χ0n) is 13.6. The van der Waals surface area contributed by atoms with Crippen LogP contribution in [-0.4, -0.2) is 36.1 Å². The van der Waals surface area contributed by atoms with Gasteiger partial charge in [-0.3, -0.25) is 9.59 Å². The molecule has 0 saturated heterocycles. The summed E-state index contributed by atoms with van der Waals surface area (Å²) in [7, 11) is 0. The summed E-state index contributed by atoms with van der Waals surface area (Å²) in [5.74, 6) is -0.460. The van der Waals surface area contributed by atoms with E-state index in [1.807, 2.05) is 35.7 Å². The highest BCUT2D eigenvalue weighted by Crippen LogP contribution is 2.20. The van der Waals surface area contributed by atoms with E-state index in [-0.39, 0.29) is 24.3 Å². The third-order valence-electron chi connectivity index (χ3n) is 3.60. The zero-order chi connectivity index (χ0) is 17.4. The topological polar surface area (TPSA) is 78.4 Å². The molecule has 5 nitrogen and oxygen atoms in total. The molecular weight excluding hydrogens is 324 g/mol. The summed E-state index contributed by atoms with van der Waals surface area (Å²) >= 11 is 1.33. The number of rotatable bonds is 8. The fourth-order valence-corrected chi connectivity index (χ4v) is 3.07. The van der Waals surface area contributed by atoms with Crippen LogP contribution < -0.4 is 10.6 Å². The number of thiophene rings is 1. The van der Waals surface area contributed by atoms with Crippen LogP contribution in [0.15, 0.2) is 47.8 Å². The second kappa shape index (κ2) is 9.20. The Morgan fingerprint density at radius 3 is 2.50 bits per heavy atom. The van der Waals surface area contributed by atoms with Gasteiger partial charge in [-0.1, -0.05) is 36.4 Å². The van der Waals surface area contributed by atoms with Crippen LogP contribution in [0.1, 0.15) is 34.5 Å². The van der Waals surface area contributed by atoms with Gasteiger partial charge in [0.25, 0.3) is 5.91 Å². The van der Waals surface area contributed by atoms with Gasteiger partial charge in [0, 0.05) is 12.5 Å². The van der Waals surface area contributed by atoms with Gasteiger partial charge in [-0.15, -0.1) is 11.3 Å². The van der Waals surface area contributed by atoms with Crippen molar-refractivity contribution in [1.29, 1.82) is 0 Å². The first kappa shape index (κ1) is 18.2. The molecule has 0 radical (unpaired) electrons. The SMILES string of the molecule is CC(O)CC(CNC(=O)CNC(=O)c1cccs1)c1ccccc1. The second-order valence-corrected chi connectivity index (χ2v) is 6.60. The average Bonchev–Trinajstić information content (AvgIpc) is 3.11. The van der Waals surface area contributed by atoms with E-state index in [2.05, 4.69) is 10.6 Å². The van der Waals surface area contributed by atoms with Crippen molar-refractivity contribution < 1.29 is 14.7 Å². The van der Waals surface area contributed by atoms with Crippen molar-refractivity contribution in [2.75, 3.05) is 13.1 Å². The van der Waals surface area contributed by atoms with Crippen molar-refractivity contribution in [3.63, 3.8) is 0 Å². The Hall–Kier alpha value is -2.18. The third-order valence-corrected chi connectivity index (χ3v) is 4.47. The van der Waals surface area contributed by atoms with Crippen molar-refractivity contribution in [2.24, 2.45) is 0 Å². The lowest BCUT2D eigenvalue weighted by Crippen LogP contribution is -2.38. The summed E-state index contributed by atoms with van der Waals surface area (Å²) in [5.41, 5.74) is 1.07. The molecule has 2 aromatic rings. The molecule has 0 spiro atoms. The van der Waals surface area contributed by atoms with Gasteiger partial charge >= 0.3 is 0 Å². The quantitative estimate of drug-likeness (QED) is 0.685. The number of aliphatic hydroxyl groups is 1. The fraction of sp³-hybridized carbons (Fsp3) is 0.333. The molecular formula is C18H22N2O3S. The van der Waals surface area contributed by atoms with Crippen LogP contribution in [0.4, 0.5) is 0 Å². The highest BCUT2D eigenvalue weighted by atomic mass is 32.1. The summed E-state index contributed by atoms with van der Waals surface area (Å²) in [6, 6.07) is 13.3. The molecule has 1 aromatic carbocycles. The van der Waals surface area contributed by atoms with Gasteiger partial charge in [-0.25, -0.2) is 0 Å². The molecule has 128 valence electrons. The van der Waals surface area contributed by atoms with Crippen LogP contribution in [0.5, 0.6) is 0 Å². The maximum absolute atomic E-state index is 12.0. The molecule has 24 heavy (non-hydrogen) atoms. The van der Waals surface area contributed by atoms with Crippen LogP contribution in [-0.2, 0) is 4.79 Å². The molecule has 1 heterocycles. The summed E-state index contributed by atoms with van der Waals surface area (Å²) in [6.07, 6.45) is 0.108. The van der Waals surface area contributed by atoms with E-state index in [9.17, 15) is 14.7 Å². The molecule has 0 bridgehead atoms. The van der Waals surface area contributed by atoms with E-state index in [1.54, 1.807) is 19.1 Å². The smallest absolute Gasteiger partial charge is 0.261 e. The van der Waals surface area contributed by atoms with Crippen LogP contribution in [0.25, 0.3) is 0 Å². The van der Waals surface area contributed by atoms with Crippen LogP contribution >= 0.6 is 11.3 Å². The number of aliphatic hydroxyl groups excluding tert-OH is 1. The molecule has 6 heteroatoms. The normalized spacial score (nSPS) is 13.1. The molecule has 0 fully saturated rings. The van der Waals surface area contributed by atoms with Gasteiger partial charge in [0.05, 0.1) is 17.5 Å². The lowest BCUT2D eigenvalue weighted by Gasteiger charge is -2.19. The Bertz CT molecular complexity index is 642. The number of carbonyl (C=O) groups excluding carboxylic acids is 2. The maximum atomic E-state index is 12.0. The van der Waals surface area contributed by atoms with Crippen molar-refractivity contribution in [3.05, 3.63) is 58.3 Å². The van der Waals surface area contributed by atoms with E-state index in [0.29, 0.717) is 17.8 Å². The molecule has 0 aliphatic heterocycles. The molecule has 0 aliphatic carbocycles. The van der Waals surface area contributed by atoms with E-state index in [4.69, 9.17) is 0 Å². The third kappa shape index (κ3) is 5.79. The molecule has 0 saturated carbocycles. The molecule has 1 aromatic heterocycles. The Kier molecular flexibility index (Phi) is 6.96. The first-order valence-electron chi connectivity index (χ1n) is 7.87. The summed E-state index contributed by atoms with van der Waals surface area (Å²) in [6.45, 7) is 2.09. The van der Waals surface area contributed by atoms with Gasteiger partial charge < -0.3 is 15.7 Å². The van der Waals surface area contributed by atoms with Crippen molar-refractivity contribution in [3.8, 4) is 0 Å². The predicted octanol–water partition coefficient (Wildman–Crippen LogP) is 2.15. The largest absolute Gasteiger partial charge is 0.393 e. The second-order valence-electron chi connectivity index (χ2n) is 5.66. The predicted molar refractivity (Wildman–Crippen MR) is 95.1 cm³/mol. The first-order valence-corrected chi connectivity index (χ1v) is 8.75. The Morgan fingerprint density at radius 2 is 1.88 bits per heavy atom. The minimum atomic E-state index is -0.453. The monoisotopic (exact) mass is 346 g/mol. The zero-order valence-corrected chi connectivity index (χ0v) is 14.4. The number of nitrogens with one attached hydrogen (secondary N) is 2. The summed E-state index contributed by atoms with van der Waals surface area (Å²) < 4.78 is 0. The first-order chi connectivity index (χ1) is 11.6. The van der Waals surface area contributed by atoms with Crippen LogP contribution in [0.2, 0.25) is 0 Å². The van der Waals surface area contributed by atoms with Crippen molar-refractivity contribution >= 4 is 23.2 Å². The van der Waals surface area contributed by atoms with E-state index >= 15 is 0 Å². The number of hydrogen-bond acceptors (Lipinski definition) is 4. The Balaban J connectivity index is 1.82. The van der Waals surface area contributed by atoms with Gasteiger partial charge in [0.2, 0.25) is 5.91 Å². The standard InChI is InChI=1S/C18H22N2O3S/c1-13(21)10-15(14-6-3-2-4-7-14)11-19-17(22)12-20-18(23)16-8-5-9-24-16/h2-9,13,15,21H,10-12H2,1H3,(H,19,22)(H,20,23). The highest BCUT2D eigenvalue weighted by molar-refractivity contribution is 7.12. The van der Waals surface area contributed by atoms with Gasteiger partial charge in [-0.2, -0.15) is 0 Å². The minimum absolute atomic E-state index is 0.0307. The number of amides is 2. The average molecular weight is 346 g/mol. The van der Waals surface area contributed by atoms with Crippen LogP contribution in [0, 0.1) is 0 Å². The highest BCUT2D eigenvalue weighted by Gasteiger charge is 2.16. The van der Waals surface area contributed by atoms with Gasteiger partial charge in [0.1, 0.15) is 0 Å². The molecule has 0 aliphatic rings. The van der Waals surface area contributed by atoms with E-state index in [1.165, 1.54) is 11.3 Å². The molecule has 2 amide bonds. The minimum Gasteiger partial charge on any atom is -0.393 e. The fourth-order valence-electron chi connectivity index (χ4n) is 2.43. The van der Waals surface area contributed by atoms with E-state index < -0.39 is 6.10 Å². The molecule has 2 atom stereocenters. The Morgan fingerprint density at radius 1 is 1.12 bits per heavy atom. The van der Waals surface area contributed by atoms with Gasteiger partial charge in [0.15, 0.2) is 0 Å². The molecule has 3 N–H and O–H groups in total. The molecule has 2 rings (SSSR count). The Labute approximate surface area is 145 Å². The lowest BCUT2D eigenvalue weighted by molar-refractivity contribution is -0.120. The number of benzene rings is 1.